The molecule has 0 aliphatic heterocycles. The van der Waals surface area contributed by atoms with Crippen molar-refractivity contribution in [3.63, 3.8) is 0 Å². The molecule has 0 spiro atoms. The maximum absolute atomic E-state index is 11.6. The molecule has 0 fully saturated rings. The number of hydrogen-bond acceptors (Lipinski definition) is 3. The third kappa shape index (κ3) is 4.98. The molecule has 1 rings (SSSR count). The Hall–Kier alpha value is -1.33. The fourth-order valence-electron chi connectivity index (χ4n) is 1.77. The van der Waals surface area contributed by atoms with E-state index in [-0.39, 0.29) is 0 Å². The number of ether oxygens (including phenoxy) is 1. The Morgan fingerprint density at radius 2 is 2.20 bits per heavy atom. The molecular formula is C14H19ClN2O2S. The molecule has 0 saturated carbocycles. The number of carbonyl (C=O) groups is 1. The number of nitrogens with one attached hydrogen (secondary N) is 2. The minimum Gasteiger partial charge on any atom is -0.465 e. The van der Waals surface area contributed by atoms with Gasteiger partial charge in [0.05, 0.1) is 17.7 Å². The van der Waals surface area contributed by atoms with Crippen LogP contribution in [0.5, 0.6) is 0 Å². The Morgan fingerprint density at radius 1 is 1.50 bits per heavy atom. The lowest BCUT2D eigenvalue weighted by Crippen LogP contribution is -2.35. The first-order chi connectivity index (χ1) is 9.47. The van der Waals surface area contributed by atoms with E-state index in [1.165, 1.54) is 7.11 Å². The molecule has 0 aromatic heterocycles. The highest BCUT2D eigenvalue weighted by Gasteiger charge is 2.12. The molecule has 4 nitrogen and oxygen atoms in total. The Morgan fingerprint density at radius 3 is 2.80 bits per heavy atom. The van der Waals surface area contributed by atoms with Crippen LogP contribution in [0.1, 0.15) is 37.0 Å². The summed E-state index contributed by atoms with van der Waals surface area (Å²) in [6.07, 6.45) is 2.13. The van der Waals surface area contributed by atoms with Crippen LogP contribution >= 0.6 is 23.8 Å². The van der Waals surface area contributed by atoms with Crippen molar-refractivity contribution >= 4 is 40.6 Å². The molecule has 0 radical (unpaired) electrons. The monoisotopic (exact) mass is 314 g/mol. The number of methoxy groups -OCH3 is 1. The van der Waals surface area contributed by atoms with Crippen LogP contribution in [0.2, 0.25) is 5.02 Å². The number of esters is 1. The van der Waals surface area contributed by atoms with Crippen LogP contribution in [-0.4, -0.2) is 24.2 Å². The average Bonchev–Trinajstić information content (AvgIpc) is 2.40. The SMILES string of the molecule is CCC[C@@H](C)NC(=S)Nc1ccc(Cl)c(C(=O)OC)c1. The number of carbonyl (C=O) groups excluding carboxylic acids is 1. The van der Waals surface area contributed by atoms with Crippen LogP contribution in [0.3, 0.4) is 0 Å². The minimum atomic E-state index is -0.475. The lowest BCUT2D eigenvalue weighted by molar-refractivity contribution is 0.0601. The zero-order chi connectivity index (χ0) is 15.1. The summed E-state index contributed by atoms with van der Waals surface area (Å²) in [7, 11) is 1.32. The van der Waals surface area contributed by atoms with Crippen molar-refractivity contribution in [3.05, 3.63) is 28.8 Å². The maximum atomic E-state index is 11.6. The molecule has 0 amide bonds. The molecular weight excluding hydrogens is 296 g/mol. The number of thiocarbonyl (C=S) groups is 1. The molecule has 0 aliphatic carbocycles. The van der Waals surface area contributed by atoms with Crippen LogP contribution < -0.4 is 10.6 Å². The van der Waals surface area contributed by atoms with Gasteiger partial charge in [-0.25, -0.2) is 4.79 Å². The van der Waals surface area contributed by atoms with Crippen molar-refractivity contribution in [1.82, 2.24) is 5.32 Å². The average molecular weight is 315 g/mol. The molecule has 0 heterocycles. The third-order valence-electron chi connectivity index (χ3n) is 2.73. The second-order valence-electron chi connectivity index (χ2n) is 4.47. The molecule has 2 N–H and O–H groups in total. The molecule has 1 aromatic rings. The number of benzene rings is 1. The van der Waals surface area contributed by atoms with Gasteiger partial charge in [0.2, 0.25) is 0 Å². The summed E-state index contributed by atoms with van der Waals surface area (Å²) in [4.78, 5) is 11.6. The zero-order valence-corrected chi connectivity index (χ0v) is 13.4. The second-order valence-corrected chi connectivity index (χ2v) is 5.29. The molecule has 6 heteroatoms. The zero-order valence-electron chi connectivity index (χ0n) is 11.8. The summed E-state index contributed by atoms with van der Waals surface area (Å²) in [5, 5.41) is 7.07. The summed E-state index contributed by atoms with van der Waals surface area (Å²) >= 11 is 11.2. The smallest absolute Gasteiger partial charge is 0.339 e. The highest BCUT2D eigenvalue weighted by atomic mass is 35.5. The van der Waals surface area contributed by atoms with Crippen molar-refractivity contribution in [2.24, 2.45) is 0 Å². The summed E-state index contributed by atoms with van der Waals surface area (Å²) in [5.41, 5.74) is 1.000. The van der Waals surface area contributed by atoms with E-state index in [2.05, 4.69) is 29.2 Å². The summed E-state index contributed by atoms with van der Waals surface area (Å²) in [5.74, 6) is -0.475. The van der Waals surface area contributed by atoms with Crippen LogP contribution in [0.25, 0.3) is 0 Å². The van der Waals surface area contributed by atoms with Crippen molar-refractivity contribution in [3.8, 4) is 0 Å². The van der Waals surface area contributed by atoms with Gasteiger partial charge in [-0.15, -0.1) is 0 Å². The standard InChI is InChI=1S/C14H19ClN2O2S/c1-4-5-9(2)16-14(20)17-10-6-7-12(15)11(8-10)13(18)19-3/h6-9H,4-5H2,1-3H3,(H2,16,17,20)/t9-/m1/s1. The largest absolute Gasteiger partial charge is 0.465 e. The van der Waals surface area contributed by atoms with Crippen molar-refractivity contribution < 1.29 is 9.53 Å². The minimum absolute atomic E-state index is 0.298. The molecule has 110 valence electrons. The first kappa shape index (κ1) is 16.7. The first-order valence-electron chi connectivity index (χ1n) is 6.43. The molecule has 1 atom stereocenters. The number of rotatable bonds is 5. The predicted molar refractivity (Wildman–Crippen MR) is 86.5 cm³/mol. The fourth-order valence-corrected chi connectivity index (χ4v) is 2.28. The molecule has 0 unspecified atom stereocenters. The van der Waals surface area contributed by atoms with E-state index in [0.717, 1.165) is 12.8 Å². The highest BCUT2D eigenvalue weighted by Crippen LogP contribution is 2.21. The lowest BCUT2D eigenvalue weighted by Gasteiger charge is -2.16. The van der Waals surface area contributed by atoms with Crippen LogP contribution in [-0.2, 0) is 4.74 Å². The van der Waals surface area contributed by atoms with E-state index in [0.29, 0.717) is 27.4 Å². The normalized spacial score (nSPS) is 11.6. The van der Waals surface area contributed by atoms with Crippen molar-refractivity contribution in [2.45, 2.75) is 32.7 Å². The van der Waals surface area contributed by atoms with Gasteiger partial charge in [-0.05, 0) is 43.8 Å². The van der Waals surface area contributed by atoms with Gasteiger partial charge in [0.25, 0.3) is 0 Å². The second kappa shape index (κ2) is 8.07. The fraction of sp³-hybridized carbons (Fsp3) is 0.429. The van der Waals surface area contributed by atoms with Gasteiger partial charge in [0.1, 0.15) is 0 Å². The van der Waals surface area contributed by atoms with Gasteiger partial charge < -0.3 is 15.4 Å². The topological polar surface area (TPSA) is 50.4 Å². The maximum Gasteiger partial charge on any atom is 0.339 e. The van der Waals surface area contributed by atoms with Crippen molar-refractivity contribution in [1.29, 1.82) is 0 Å². The van der Waals surface area contributed by atoms with Crippen LogP contribution in [0.15, 0.2) is 18.2 Å². The van der Waals surface area contributed by atoms with E-state index in [1.807, 2.05) is 0 Å². The van der Waals surface area contributed by atoms with Gasteiger partial charge in [-0.2, -0.15) is 0 Å². The number of anilines is 1. The quantitative estimate of drug-likeness (QED) is 0.642. The lowest BCUT2D eigenvalue weighted by atomic mass is 10.2. The Balaban J connectivity index is 2.73. The summed E-state index contributed by atoms with van der Waals surface area (Å²) in [6.45, 7) is 4.19. The van der Waals surface area contributed by atoms with E-state index in [9.17, 15) is 4.79 Å². The highest BCUT2D eigenvalue weighted by molar-refractivity contribution is 7.80. The van der Waals surface area contributed by atoms with E-state index in [4.69, 9.17) is 23.8 Å². The van der Waals surface area contributed by atoms with Gasteiger partial charge in [0.15, 0.2) is 5.11 Å². The Bertz CT molecular complexity index is 494. The van der Waals surface area contributed by atoms with E-state index >= 15 is 0 Å². The van der Waals surface area contributed by atoms with Gasteiger partial charge in [-0.1, -0.05) is 24.9 Å². The van der Waals surface area contributed by atoms with Crippen molar-refractivity contribution in [2.75, 3.05) is 12.4 Å². The van der Waals surface area contributed by atoms with E-state index in [1.54, 1.807) is 18.2 Å². The van der Waals surface area contributed by atoms with Gasteiger partial charge in [0, 0.05) is 11.7 Å². The molecule has 0 bridgehead atoms. The van der Waals surface area contributed by atoms with Gasteiger partial charge >= 0.3 is 5.97 Å². The number of hydrogen-bond donors (Lipinski definition) is 2. The van der Waals surface area contributed by atoms with E-state index < -0.39 is 5.97 Å². The molecule has 20 heavy (non-hydrogen) atoms. The first-order valence-corrected chi connectivity index (χ1v) is 7.22. The third-order valence-corrected chi connectivity index (χ3v) is 3.28. The number of halogens is 1. The predicted octanol–water partition coefficient (Wildman–Crippen LogP) is 3.60. The molecule has 0 saturated heterocycles. The van der Waals surface area contributed by atoms with Gasteiger partial charge in [-0.3, -0.25) is 0 Å². The van der Waals surface area contributed by atoms with Crippen LogP contribution in [0, 0.1) is 0 Å². The molecule has 0 aliphatic rings. The molecule has 1 aromatic carbocycles. The summed E-state index contributed by atoms with van der Waals surface area (Å²) in [6, 6.07) is 5.31. The van der Waals surface area contributed by atoms with Crippen LogP contribution in [0.4, 0.5) is 5.69 Å². The Labute approximate surface area is 129 Å². The summed E-state index contributed by atoms with van der Waals surface area (Å²) < 4.78 is 4.67. The Kier molecular flexibility index (Phi) is 6.75.